The molecule has 16 heavy (non-hydrogen) atoms. The summed E-state index contributed by atoms with van der Waals surface area (Å²) in [7, 11) is 0. The molecule has 2 rings (SSSR count). The zero-order valence-electron chi connectivity index (χ0n) is 10.5. The van der Waals surface area contributed by atoms with Crippen molar-refractivity contribution < 1.29 is 0 Å². The first-order valence-electron chi connectivity index (χ1n) is 6.21. The van der Waals surface area contributed by atoms with Gasteiger partial charge in [0.2, 0.25) is 0 Å². The summed E-state index contributed by atoms with van der Waals surface area (Å²) in [6.07, 6.45) is 5.17. The average molecular weight is 285 g/mol. The number of aromatic nitrogens is 2. The average Bonchev–Trinajstić information content (AvgIpc) is 2.47. The number of nitrogens with zero attached hydrogens (tertiary/aromatic N) is 2. The fourth-order valence-electron chi connectivity index (χ4n) is 2.73. The molecule has 0 amide bonds. The number of halogens is 1. The minimum atomic E-state index is 0.480. The molecule has 0 aromatic carbocycles. The van der Waals surface area contributed by atoms with Crippen molar-refractivity contribution in [1.29, 1.82) is 0 Å². The van der Waals surface area contributed by atoms with Crippen LogP contribution in [0.4, 0.5) is 0 Å². The molecule has 0 atom stereocenters. The maximum atomic E-state index is 4.69. The van der Waals surface area contributed by atoms with Crippen molar-refractivity contribution in [2.45, 2.75) is 53.0 Å². The van der Waals surface area contributed by atoms with Gasteiger partial charge >= 0.3 is 0 Å². The number of rotatable bonds is 4. The SMILES string of the molecule is CCc1c(C)nn(CC2(CBr)CCC2)c1C. The van der Waals surface area contributed by atoms with Crippen LogP contribution in [0.2, 0.25) is 0 Å². The van der Waals surface area contributed by atoms with Crippen molar-refractivity contribution in [2.75, 3.05) is 5.33 Å². The fourth-order valence-corrected chi connectivity index (χ4v) is 3.47. The van der Waals surface area contributed by atoms with Gasteiger partial charge in [0.15, 0.2) is 0 Å². The number of aryl methyl sites for hydroxylation is 1. The Bertz CT molecular complexity index is 372. The molecule has 2 nitrogen and oxygen atoms in total. The van der Waals surface area contributed by atoms with Gasteiger partial charge in [0.25, 0.3) is 0 Å². The van der Waals surface area contributed by atoms with E-state index in [-0.39, 0.29) is 0 Å². The first-order valence-corrected chi connectivity index (χ1v) is 7.33. The number of hydrogen-bond acceptors (Lipinski definition) is 1. The van der Waals surface area contributed by atoms with E-state index < -0.39 is 0 Å². The van der Waals surface area contributed by atoms with Crippen molar-refractivity contribution >= 4 is 15.9 Å². The van der Waals surface area contributed by atoms with Crippen molar-refractivity contribution in [1.82, 2.24) is 9.78 Å². The van der Waals surface area contributed by atoms with Crippen LogP contribution in [0.15, 0.2) is 0 Å². The maximum Gasteiger partial charge on any atom is 0.0628 e. The quantitative estimate of drug-likeness (QED) is 0.772. The van der Waals surface area contributed by atoms with E-state index in [9.17, 15) is 0 Å². The topological polar surface area (TPSA) is 17.8 Å². The van der Waals surface area contributed by atoms with E-state index in [4.69, 9.17) is 5.10 Å². The maximum absolute atomic E-state index is 4.69. The lowest BCUT2D eigenvalue weighted by Crippen LogP contribution is -2.36. The summed E-state index contributed by atoms with van der Waals surface area (Å²) in [5.74, 6) is 0. The first-order chi connectivity index (χ1) is 7.62. The molecule has 0 saturated heterocycles. The highest BCUT2D eigenvalue weighted by molar-refractivity contribution is 9.09. The zero-order valence-corrected chi connectivity index (χ0v) is 12.1. The van der Waals surface area contributed by atoms with E-state index in [0.29, 0.717) is 5.41 Å². The Balaban J connectivity index is 2.21. The van der Waals surface area contributed by atoms with Crippen LogP contribution in [0.25, 0.3) is 0 Å². The first kappa shape index (κ1) is 12.2. The molecule has 1 aromatic rings. The molecule has 1 fully saturated rings. The predicted molar refractivity (Wildman–Crippen MR) is 71.2 cm³/mol. The van der Waals surface area contributed by atoms with Gasteiger partial charge in [-0.2, -0.15) is 5.10 Å². The third-order valence-corrected chi connectivity index (χ3v) is 5.26. The Morgan fingerprint density at radius 3 is 2.44 bits per heavy atom. The molecule has 0 aliphatic heterocycles. The van der Waals surface area contributed by atoms with Crippen molar-refractivity contribution in [3.8, 4) is 0 Å². The lowest BCUT2D eigenvalue weighted by molar-refractivity contribution is 0.132. The molecule has 0 bridgehead atoms. The summed E-state index contributed by atoms with van der Waals surface area (Å²) in [6, 6.07) is 0. The minimum absolute atomic E-state index is 0.480. The summed E-state index contributed by atoms with van der Waals surface area (Å²) in [5.41, 5.74) is 4.49. The molecule has 0 unspecified atom stereocenters. The summed E-state index contributed by atoms with van der Waals surface area (Å²) in [6.45, 7) is 7.64. The molecule has 0 N–H and O–H groups in total. The third-order valence-electron chi connectivity index (χ3n) is 4.07. The van der Waals surface area contributed by atoms with Crippen molar-refractivity contribution in [3.63, 3.8) is 0 Å². The fraction of sp³-hybridized carbons (Fsp3) is 0.769. The van der Waals surface area contributed by atoms with Crippen LogP contribution in [-0.4, -0.2) is 15.1 Å². The Kier molecular flexibility index (Phi) is 3.43. The summed E-state index contributed by atoms with van der Waals surface area (Å²) in [5, 5.41) is 5.80. The smallest absolute Gasteiger partial charge is 0.0628 e. The number of alkyl halides is 1. The Hall–Kier alpha value is -0.310. The van der Waals surface area contributed by atoms with Gasteiger partial charge in [0.1, 0.15) is 0 Å². The molecule has 1 heterocycles. The van der Waals surface area contributed by atoms with E-state index in [1.54, 1.807) is 0 Å². The molecular weight excluding hydrogens is 264 g/mol. The monoisotopic (exact) mass is 284 g/mol. The highest BCUT2D eigenvalue weighted by Crippen LogP contribution is 2.44. The van der Waals surface area contributed by atoms with Crippen LogP contribution in [0.5, 0.6) is 0 Å². The molecular formula is C13H21BrN2. The third kappa shape index (κ3) is 1.94. The van der Waals surface area contributed by atoms with E-state index in [1.165, 1.54) is 36.2 Å². The van der Waals surface area contributed by atoms with Crippen LogP contribution in [0.1, 0.15) is 43.1 Å². The molecule has 1 aromatic heterocycles. The second-order valence-corrected chi connectivity index (χ2v) is 5.71. The molecule has 0 radical (unpaired) electrons. The lowest BCUT2D eigenvalue weighted by Gasteiger charge is -2.40. The highest BCUT2D eigenvalue weighted by Gasteiger charge is 2.37. The van der Waals surface area contributed by atoms with E-state index in [2.05, 4.69) is 41.4 Å². The Morgan fingerprint density at radius 2 is 2.06 bits per heavy atom. The molecule has 1 aliphatic rings. The van der Waals surface area contributed by atoms with Gasteiger partial charge in [-0.05, 0) is 44.1 Å². The van der Waals surface area contributed by atoms with E-state index in [0.717, 1.165) is 18.3 Å². The van der Waals surface area contributed by atoms with Crippen LogP contribution >= 0.6 is 15.9 Å². The van der Waals surface area contributed by atoms with Crippen molar-refractivity contribution in [2.24, 2.45) is 5.41 Å². The van der Waals surface area contributed by atoms with Gasteiger partial charge in [-0.3, -0.25) is 4.68 Å². The summed E-state index contributed by atoms with van der Waals surface area (Å²) >= 11 is 3.67. The van der Waals surface area contributed by atoms with E-state index >= 15 is 0 Å². The Labute approximate surface area is 107 Å². The standard InChI is InChI=1S/C13H21BrN2/c1-4-12-10(2)15-16(11(12)3)9-13(8-14)6-5-7-13/h4-9H2,1-3H3. The minimum Gasteiger partial charge on any atom is -0.269 e. The van der Waals surface area contributed by atoms with Crippen molar-refractivity contribution in [3.05, 3.63) is 17.0 Å². The van der Waals surface area contributed by atoms with Gasteiger partial charge in [-0.15, -0.1) is 0 Å². The Morgan fingerprint density at radius 1 is 1.38 bits per heavy atom. The normalized spacial score (nSPS) is 18.5. The molecule has 0 spiro atoms. The molecule has 1 aliphatic carbocycles. The summed E-state index contributed by atoms with van der Waals surface area (Å²) in [4.78, 5) is 0. The molecule has 1 saturated carbocycles. The molecule has 3 heteroatoms. The highest BCUT2D eigenvalue weighted by atomic mass is 79.9. The predicted octanol–water partition coefficient (Wildman–Crippen LogP) is 3.63. The van der Waals surface area contributed by atoms with Gasteiger partial charge < -0.3 is 0 Å². The largest absolute Gasteiger partial charge is 0.269 e. The van der Waals surface area contributed by atoms with Crippen LogP contribution < -0.4 is 0 Å². The van der Waals surface area contributed by atoms with E-state index in [1.807, 2.05) is 0 Å². The second-order valence-electron chi connectivity index (χ2n) is 5.15. The second kappa shape index (κ2) is 4.52. The molecule has 90 valence electrons. The van der Waals surface area contributed by atoms with Gasteiger partial charge in [0, 0.05) is 17.6 Å². The van der Waals surface area contributed by atoms with Gasteiger partial charge in [-0.25, -0.2) is 0 Å². The zero-order chi connectivity index (χ0) is 11.8. The number of hydrogen-bond donors (Lipinski definition) is 0. The van der Waals surface area contributed by atoms with Gasteiger partial charge in [-0.1, -0.05) is 29.3 Å². The van der Waals surface area contributed by atoms with Crippen LogP contribution in [0.3, 0.4) is 0 Å². The summed E-state index contributed by atoms with van der Waals surface area (Å²) < 4.78 is 2.23. The van der Waals surface area contributed by atoms with Crippen LogP contribution in [-0.2, 0) is 13.0 Å². The lowest BCUT2D eigenvalue weighted by atomic mass is 9.70. The van der Waals surface area contributed by atoms with Gasteiger partial charge in [0.05, 0.1) is 5.69 Å². The van der Waals surface area contributed by atoms with Crippen LogP contribution in [0, 0.1) is 19.3 Å².